The minimum Gasteiger partial charge on any atom is -0.480 e. The molecule has 1 atom stereocenters. The first kappa shape index (κ1) is 17.4. The number of carboxylic acid groups (broad SMARTS) is 1. The van der Waals surface area contributed by atoms with Crippen molar-refractivity contribution >= 4 is 50.9 Å². The van der Waals surface area contributed by atoms with Crippen LogP contribution in [0.3, 0.4) is 0 Å². The van der Waals surface area contributed by atoms with Gasteiger partial charge in [-0.2, -0.15) is 0 Å². The monoisotopic (exact) mass is 357 g/mol. The van der Waals surface area contributed by atoms with Crippen LogP contribution < -0.4 is 5.32 Å². The number of nitrogens with zero attached hydrogens (tertiary/aromatic N) is 2. The van der Waals surface area contributed by atoms with Crippen LogP contribution >= 0.6 is 22.9 Å². The molecule has 0 bridgehead atoms. The predicted octanol–water partition coefficient (Wildman–Crippen LogP) is 3.10. The lowest BCUT2D eigenvalue weighted by molar-refractivity contribution is -0.137. The zero-order chi connectivity index (χ0) is 17.3. The number of ether oxygens (including phenoxy) is 1. The van der Waals surface area contributed by atoms with Crippen molar-refractivity contribution in [3.05, 3.63) is 15.7 Å². The van der Waals surface area contributed by atoms with Crippen LogP contribution in [-0.4, -0.2) is 39.2 Å². The van der Waals surface area contributed by atoms with Crippen LogP contribution in [0.25, 0.3) is 10.2 Å². The number of aliphatic carboxylic acids is 1. The van der Waals surface area contributed by atoms with E-state index in [-0.39, 0.29) is 17.2 Å². The number of aromatic nitrogens is 2. The van der Waals surface area contributed by atoms with Crippen LogP contribution in [0.15, 0.2) is 0 Å². The molecule has 0 aromatic carbocycles. The molecule has 0 aliphatic heterocycles. The Hall–Kier alpha value is -1.93. The number of hydrogen-bond acceptors (Lipinski definition) is 7. The van der Waals surface area contributed by atoms with Gasteiger partial charge in [0.2, 0.25) is 5.28 Å². The molecule has 7 nitrogen and oxygen atoms in total. The van der Waals surface area contributed by atoms with Crippen LogP contribution in [0, 0.1) is 6.92 Å². The molecule has 0 radical (unpaired) electrons. The first-order valence-electron chi connectivity index (χ1n) is 6.87. The van der Waals surface area contributed by atoms with Crippen LogP contribution in [0.4, 0.5) is 5.82 Å². The number of rotatable bonds is 5. The number of carbonyl (C=O) groups is 2. The van der Waals surface area contributed by atoms with Crippen molar-refractivity contribution in [3.63, 3.8) is 0 Å². The largest absolute Gasteiger partial charge is 0.480 e. The Balaban J connectivity index is 2.54. The summed E-state index contributed by atoms with van der Waals surface area (Å²) in [5, 5.41) is 12.4. The summed E-state index contributed by atoms with van der Waals surface area (Å²) in [5.41, 5.74) is 0.632. The molecular weight excluding hydrogens is 342 g/mol. The molecule has 2 heterocycles. The molecule has 0 spiro atoms. The molecule has 2 rings (SSSR count). The van der Waals surface area contributed by atoms with Gasteiger partial charge < -0.3 is 15.2 Å². The molecule has 2 aromatic rings. The number of carbonyl (C=O) groups excluding carboxylic acids is 1. The van der Waals surface area contributed by atoms with Gasteiger partial charge in [0.05, 0.1) is 11.5 Å². The van der Waals surface area contributed by atoms with Gasteiger partial charge in [-0.1, -0.05) is 0 Å². The van der Waals surface area contributed by atoms with Crippen LogP contribution in [0.1, 0.15) is 36.0 Å². The van der Waals surface area contributed by atoms with E-state index in [2.05, 4.69) is 15.3 Å². The number of nitrogens with one attached hydrogen (secondary N) is 1. The molecular formula is C14H16ClN3O4S. The van der Waals surface area contributed by atoms with Crippen molar-refractivity contribution in [3.8, 4) is 0 Å². The SMILES string of the molecule is Cc1c(C(=O)OC(C)C)sc2nc(Cl)nc(NC(C)C(=O)O)c12. The van der Waals surface area contributed by atoms with Crippen molar-refractivity contribution in [1.29, 1.82) is 0 Å². The third-order valence-electron chi connectivity index (χ3n) is 3.01. The zero-order valence-corrected chi connectivity index (χ0v) is 14.6. The number of halogens is 1. The summed E-state index contributed by atoms with van der Waals surface area (Å²) in [6.07, 6.45) is -0.244. The lowest BCUT2D eigenvalue weighted by Gasteiger charge is -2.11. The van der Waals surface area contributed by atoms with E-state index >= 15 is 0 Å². The molecule has 2 aromatic heterocycles. The highest BCUT2D eigenvalue weighted by molar-refractivity contribution is 7.20. The Morgan fingerprint density at radius 1 is 1.30 bits per heavy atom. The molecule has 2 N–H and O–H groups in total. The number of thiophene rings is 1. The van der Waals surface area contributed by atoms with Gasteiger partial charge in [0.15, 0.2) is 0 Å². The molecule has 0 saturated carbocycles. The predicted molar refractivity (Wildman–Crippen MR) is 88.4 cm³/mol. The second kappa shape index (κ2) is 6.67. The number of carboxylic acids is 1. The highest BCUT2D eigenvalue weighted by Gasteiger charge is 2.23. The fourth-order valence-corrected chi connectivity index (χ4v) is 3.23. The Morgan fingerprint density at radius 2 is 1.96 bits per heavy atom. The van der Waals surface area contributed by atoms with E-state index < -0.39 is 18.0 Å². The maximum atomic E-state index is 12.2. The van der Waals surface area contributed by atoms with Gasteiger partial charge in [-0.05, 0) is 44.9 Å². The Kier molecular flexibility index (Phi) is 5.06. The summed E-state index contributed by atoms with van der Waals surface area (Å²) in [5.74, 6) is -1.19. The topological polar surface area (TPSA) is 101 Å². The number of fused-ring (bicyclic) bond motifs is 1. The van der Waals surface area contributed by atoms with Gasteiger partial charge in [0.25, 0.3) is 0 Å². The summed E-state index contributed by atoms with van der Waals surface area (Å²) in [6.45, 7) is 6.75. The Labute approximate surface area is 141 Å². The summed E-state index contributed by atoms with van der Waals surface area (Å²) < 4.78 is 5.21. The molecule has 0 saturated heterocycles. The minimum absolute atomic E-state index is 0.0254. The van der Waals surface area contributed by atoms with E-state index in [1.807, 2.05) is 0 Å². The smallest absolute Gasteiger partial charge is 0.348 e. The molecule has 9 heteroatoms. The summed E-state index contributed by atoms with van der Waals surface area (Å²) in [4.78, 5) is 32.3. The number of anilines is 1. The van der Waals surface area contributed by atoms with Crippen molar-refractivity contribution in [2.75, 3.05) is 5.32 Å². The van der Waals surface area contributed by atoms with E-state index in [0.29, 0.717) is 20.7 Å². The van der Waals surface area contributed by atoms with Crippen molar-refractivity contribution in [2.45, 2.75) is 39.8 Å². The Morgan fingerprint density at radius 3 is 2.52 bits per heavy atom. The average Bonchev–Trinajstić information content (AvgIpc) is 2.74. The summed E-state index contributed by atoms with van der Waals surface area (Å²) >= 11 is 7.03. The van der Waals surface area contributed by atoms with Gasteiger partial charge in [-0.15, -0.1) is 11.3 Å². The van der Waals surface area contributed by atoms with Gasteiger partial charge in [0.1, 0.15) is 21.6 Å². The molecule has 0 fully saturated rings. The standard InChI is InChI=1S/C14H16ClN3O4S/c1-5(2)22-13(21)9-6(3)8-10(16-7(4)12(19)20)17-14(15)18-11(8)23-9/h5,7H,1-4H3,(H,19,20)(H,16,17,18). The highest BCUT2D eigenvalue weighted by Crippen LogP contribution is 2.35. The zero-order valence-electron chi connectivity index (χ0n) is 13.0. The molecule has 0 aliphatic carbocycles. The van der Waals surface area contributed by atoms with Gasteiger partial charge in [0, 0.05) is 0 Å². The lowest BCUT2D eigenvalue weighted by Crippen LogP contribution is -2.26. The fourth-order valence-electron chi connectivity index (χ4n) is 1.95. The van der Waals surface area contributed by atoms with E-state index in [4.69, 9.17) is 21.4 Å². The number of hydrogen-bond donors (Lipinski definition) is 2. The van der Waals surface area contributed by atoms with E-state index in [0.717, 1.165) is 11.3 Å². The number of aryl methyl sites for hydroxylation is 1. The maximum absolute atomic E-state index is 12.2. The lowest BCUT2D eigenvalue weighted by atomic mass is 10.2. The molecule has 124 valence electrons. The van der Waals surface area contributed by atoms with Crippen molar-refractivity contribution in [2.24, 2.45) is 0 Å². The third-order valence-corrected chi connectivity index (χ3v) is 4.35. The van der Waals surface area contributed by atoms with Gasteiger partial charge in [-0.25, -0.2) is 14.8 Å². The van der Waals surface area contributed by atoms with E-state index in [1.54, 1.807) is 20.8 Å². The normalized spacial score (nSPS) is 12.4. The molecule has 1 unspecified atom stereocenters. The van der Waals surface area contributed by atoms with Crippen LogP contribution in [0.5, 0.6) is 0 Å². The quantitative estimate of drug-likeness (QED) is 0.626. The molecule has 23 heavy (non-hydrogen) atoms. The van der Waals surface area contributed by atoms with Crippen LogP contribution in [-0.2, 0) is 9.53 Å². The highest BCUT2D eigenvalue weighted by atomic mass is 35.5. The fraction of sp³-hybridized carbons (Fsp3) is 0.429. The second-order valence-electron chi connectivity index (χ2n) is 5.24. The third kappa shape index (κ3) is 3.70. The Bertz CT molecular complexity index is 775. The van der Waals surface area contributed by atoms with Crippen LogP contribution in [0.2, 0.25) is 5.28 Å². The summed E-state index contributed by atoms with van der Waals surface area (Å²) in [7, 11) is 0. The molecule has 0 amide bonds. The second-order valence-corrected chi connectivity index (χ2v) is 6.57. The average molecular weight is 358 g/mol. The van der Waals surface area contributed by atoms with E-state index in [9.17, 15) is 9.59 Å². The first-order valence-corrected chi connectivity index (χ1v) is 8.07. The van der Waals surface area contributed by atoms with E-state index in [1.165, 1.54) is 6.92 Å². The summed E-state index contributed by atoms with van der Waals surface area (Å²) in [6, 6.07) is -0.866. The van der Waals surface area contributed by atoms with Gasteiger partial charge in [-0.3, -0.25) is 4.79 Å². The van der Waals surface area contributed by atoms with Gasteiger partial charge >= 0.3 is 11.9 Å². The molecule has 0 aliphatic rings. The maximum Gasteiger partial charge on any atom is 0.348 e. The minimum atomic E-state index is -1.03. The first-order chi connectivity index (χ1) is 10.7. The van der Waals surface area contributed by atoms with Crippen molar-refractivity contribution < 1.29 is 19.4 Å². The van der Waals surface area contributed by atoms with Crippen molar-refractivity contribution in [1.82, 2.24) is 9.97 Å². The number of esters is 1.